The van der Waals surface area contributed by atoms with Crippen LogP contribution in [-0.4, -0.2) is 148 Å². The number of fused-ring (bicyclic) bond motifs is 8. The highest BCUT2D eigenvalue weighted by Gasteiger charge is 2.41. The molecule has 0 radical (unpaired) electrons. The van der Waals surface area contributed by atoms with E-state index in [1.165, 1.54) is 0 Å². The number of hydrogen-bond donors (Lipinski definition) is 29. The second kappa shape index (κ2) is 15.3. The lowest BCUT2D eigenvalue weighted by atomic mass is 9.80. The fraction of sp³-hybridized carbons (Fsp3) is 0. The first-order valence-corrected chi connectivity index (χ1v) is 21.7. The average Bonchev–Trinajstić information content (AvgIpc) is 3.45. The summed E-state index contributed by atoms with van der Waals surface area (Å²) in [6.45, 7) is 0. The van der Waals surface area contributed by atoms with Gasteiger partial charge in [0.25, 0.3) is 0 Å². The van der Waals surface area contributed by atoms with Gasteiger partial charge in [0.2, 0.25) is 57.5 Å². The van der Waals surface area contributed by atoms with Crippen molar-refractivity contribution in [1.29, 1.82) is 0 Å². The molecule has 0 spiro atoms. The maximum atomic E-state index is 12.4. The van der Waals surface area contributed by atoms with E-state index in [1.54, 1.807) is 0 Å². The Bertz CT molecular complexity index is 4780. The van der Waals surface area contributed by atoms with Gasteiger partial charge in [0.05, 0.1) is 38.1 Å². The van der Waals surface area contributed by atoms with E-state index in [-0.39, 0.29) is 0 Å². The summed E-state index contributed by atoms with van der Waals surface area (Å²) in [6.07, 6.45) is 0. The molecule has 1 aromatic heterocycles. The molecule has 80 heavy (non-hydrogen) atoms. The van der Waals surface area contributed by atoms with E-state index in [0.29, 0.717) is 6.07 Å². The number of phenols is 29. The molecule has 30 nitrogen and oxygen atoms in total. The molecule has 0 saturated carbocycles. The molecule has 0 aliphatic carbocycles. The van der Waals surface area contributed by atoms with Gasteiger partial charge in [-0.05, 0) is 6.07 Å². The minimum absolute atomic E-state index is 0.613. The number of aromatic hydroxyl groups is 29. The molecule has 10 aromatic carbocycles. The van der Waals surface area contributed by atoms with Gasteiger partial charge in [-0.1, -0.05) is 0 Å². The minimum atomic E-state index is -1.96. The van der Waals surface area contributed by atoms with Crippen molar-refractivity contribution in [3.8, 4) is 200 Å². The van der Waals surface area contributed by atoms with Crippen molar-refractivity contribution in [3.05, 3.63) is 6.07 Å². The Labute approximate surface area is 433 Å². The molecule has 0 atom stereocenters. The van der Waals surface area contributed by atoms with Crippen LogP contribution in [0.2, 0.25) is 0 Å². The van der Waals surface area contributed by atoms with Crippen LogP contribution in [0.1, 0.15) is 0 Å². The molecule has 29 N–H and O–H groups in total. The van der Waals surface area contributed by atoms with Gasteiger partial charge in [-0.2, -0.15) is 0 Å². The second-order valence-corrected chi connectivity index (χ2v) is 17.8. The van der Waals surface area contributed by atoms with Crippen LogP contribution < -0.4 is 0 Å². The van der Waals surface area contributed by atoms with Crippen molar-refractivity contribution in [2.24, 2.45) is 0 Å². The molecule has 0 amide bonds. The smallest absolute Gasteiger partial charge is 0.205 e. The van der Waals surface area contributed by atoms with Crippen LogP contribution in [0, 0.1) is 0 Å². The van der Waals surface area contributed by atoms with Crippen LogP contribution in [0.25, 0.3) is 109 Å². The molecule has 30 heteroatoms. The molecule has 0 bridgehead atoms. The molecular weight excluding hydrogens is 1080 g/mol. The molecule has 0 unspecified atom stereocenters. The Morgan fingerprint density at radius 3 is 0.825 bits per heavy atom. The third-order valence-electron chi connectivity index (χ3n) is 14.0. The third kappa shape index (κ3) is 5.46. The van der Waals surface area contributed by atoms with Crippen LogP contribution in [0.15, 0.2) is 10.5 Å². The molecule has 1 heterocycles. The van der Waals surface area contributed by atoms with Crippen LogP contribution >= 0.6 is 0 Å². The van der Waals surface area contributed by atoms with E-state index in [1.807, 2.05) is 0 Å². The largest absolute Gasteiger partial charge is 0.506 e. The molecule has 0 saturated heterocycles. The van der Waals surface area contributed by atoms with Crippen molar-refractivity contribution >= 4 is 75.8 Å². The lowest BCUT2D eigenvalue weighted by molar-refractivity contribution is 0.347. The van der Waals surface area contributed by atoms with Crippen LogP contribution in [0.3, 0.4) is 0 Å². The van der Waals surface area contributed by atoms with E-state index in [4.69, 9.17) is 4.42 Å². The summed E-state index contributed by atoms with van der Waals surface area (Å²) in [6, 6.07) is 0.613. The van der Waals surface area contributed by atoms with Crippen molar-refractivity contribution in [2.45, 2.75) is 0 Å². The summed E-state index contributed by atoms with van der Waals surface area (Å²) in [5, 5.41) is 314. The maximum Gasteiger partial charge on any atom is 0.205 e. The lowest BCUT2D eigenvalue weighted by Gasteiger charge is -2.26. The minimum Gasteiger partial charge on any atom is -0.506 e. The zero-order chi connectivity index (χ0) is 58.7. The number of phenolic OH excluding ortho intramolecular Hbond substituents is 29. The van der Waals surface area contributed by atoms with Gasteiger partial charge in [-0.15, -0.1) is 0 Å². The summed E-state index contributed by atoms with van der Waals surface area (Å²) in [5.41, 5.74) is -11.2. The Morgan fingerprint density at radius 1 is 0.163 bits per heavy atom. The Balaban J connectivity index is 1.42. The van der Waals surface area contributed by atoms with Gasteiger partial charge in [0, 0.05) is 60.0 Å². The standard InChI is InChI=1S/C50H30O30/c51-3-1-2-4(26(57)22(3)53)23(54)19-20-25(56)15(39(70)48(79)50(20)80-49(19)21(2)52)6-10-7(29(60)40(71)42(73)31(10)62)5(8-11(6)32(63)43(74)41(72)30(8)61)9-12-13(34(65)45(76)44(75)33(12)64)14(28(59)27(9)58)16-24(55)17-18(36(67)35(16)66)38(69)47(78)46(77)37(17)68/h1,51-79H. The third-order valence-corrected chi connectivity index (χ3v) is 14.0. The number of hydrogen-bond acceptors (Lipinski definition) is 30. The summed E-state index contributed by atoms with van der Waals surface area (Å²) in [7, 11) is 0. The van der Waals surface area contributed by atoms with Crippen molar-refractivity contribution < 1.29 is 153 Å². The first-order valence-electron chi connectivity index (χ1n) is 21.7. The van der Waals surface area contributed by atoms with Crippen LogP contribution in [0.4, 0.5) is 0 Å². The Morgan fingerprint density at radius 2 is 0.412 bits per heavy atom. The molecule has 410 valence electrons. The van der Waals surface area contributed by atoms with Gasteiger partial charge in [0.1, 0.15) is 17.2 Å². The highest BCUT2D eigenvalue weighted by Crippen LogP contribution is 2.70. The van der Waals surface area contributed by atoms with Gasteiger partial charge in [-0.25, -0.2) is 0 Å². The van der Waals surface area contributed by atoms with E-state index < -0.39 is 276 Å². The summed E-state index contributed by atoms with van der Waals surface area (Å²) >= 11 is 0. The first-order chi connectivity index (χ1) is 37.4. The predicted octanol–water partition coefficient (Wildman–Crippen LogP) is 5.82. The number of rotatable bonds is 3. The zero-order valence-electron chi connectivity index (χ0n) is 38.5. The topological polar surface area (TPSA) is 600 Å². The quantitative estimate of drug-likeness (QED) is 0.0563. The van der Waals surface area contributed by atoms with Gasteiger partial charge in [0.15, 0.2) is 103 Å². The molecule has 11 rings (SSSR count). The van der Waals surface area contributed by atoms with E-state index in [2.05, 4.69) is 0 Å². The first kappa shape index (κ1) is 49.7. The van der Waals surface area contributed by atoms with Gasteiger partial charge in [-0.3, -0.25) is 0 Å². The van der Waals surface area contributed by atoms with E-state index in [0.717, 1.165) is 0 Å². The molecule has 0 aliphatic heterocycles. The Kier molecular flexibility index (Phi) is 9.51. The fourth-order valence-corrected chi connectivity index (χ4v) is 10.4. The molecule has 11 aromatic rings. The van der Waals surface area contributed by atoms with Crippen molar-refractivity contribution in [1.82, 2.24) is 0 Å². The van der Waals surface area contributed by atoms with E-state index >= 15 is 0 Å². The van der Waals surface area contributed by atoms with E-state index in [9.17, 15) is 148 Å². The zero-order valence-corrected chi connectivity index (χ0v) is 38.5. The van der Waals surface area contributed by atoms with Gasteiger partial charge < -0.3 is 153 Å². The molecule has 0 fully saturated rings. The highest BCUT2D eigenvalue weighted by atomic mass is 16.4. The van der Waals surface area contributed by atoms with Gasteiger partial charge >= 0.3 is 0 Å². The maximum absolute atomic E-state index is 12.4. The molecule has 0 aliphatic rings. The Hall–Kier alpha value is -12.5. The SMILES string of the molecule is Oc1cc2c(O)c3oc4c(O)c(O)c(-c5c6c(O)c(O)c(O)c(O)c6c(-c6c(O)c(O)c(-c7c(O)c(O)c8c(O)c(O)c(O)c(O)c8c7O)c7c(O)c(O)c(O)c(O)c67)c6c(O)c(O)c(O)c(O)c56)c(O)c4c3c(O)c2c(O)c1O. The highest BCUT2D eigenvalue weighted by molar-refractivity contribution is 6.35. The summed E-state index contributed by atoms with van der Waals surface area (Å²) in [5.74, 6) is -48.3. The second-order valence-electron chi connectivity index (χ2n) is 17.8. The lowest BCUT2D eigenvalue weighted by Crippen LogP contribution is -1.98. The van der Waals surface area contributed by atoms with Crippen LogP contribution in [-0.2, 0) is 0 Å². The number of furan rings is 1. The fourth-order valence-electron chi connectivity index (χ4n) is 10.4. The normalized spacial score (nSPS) is 11.9. The monoisotopic (exact) mass is 1110 g/mol. The van der Waals surface area contributed by atoms with Crippen molar-refractivity contribution in [3.63, 3.8) is 0 Å². The predicted molar refractivity (Wildman–Crippen MR) is 266 cm³/mol. The number of benzene rings is 10. The molecular formula is C50H30O30. The summed E-state index contributed by atoms with van der Waals surface area (Å²) < 4.78 is 5.53. The van der Waals surface area contributed by atoms with Crippen LogP contribution in [0.5, 0.6) is 167 Å². The summed E-state index contributed by atoms with van der Waals surface area (Å²) in [4.78, 5) is 0. The average molecular weight is 1110 g/mol. The van der Waals surface area contributed by atoms with Crippen molar-refractivity contribution in [2.75, 3.05) is 0 Å².